The van der Waals surface area contributed by atoms with Gasteiger partial charge in [0.25, 0.3) is 0 Å². The molecule has 0 spiro atoms. The van der Waals surface area contributed by atoms with Crippen molar-refractivity contribution in [3.63, 3.8) is 0 Å². The average molecular weight is 982 g/mol. The lowest BCUT2D eigenvalue weighted by molar-refractivity contribution is 0.0286. The zero-order valence-electron chi connectivity index (χ0n) is 53.6. The van der Waals surface area contributed by atoms with E-state index in [2.05, 4.69) is 159 Å². The molecule has 0 bridgehead atoms. The van der Waals surface area contributed by atoms with E-state index in [1.54, 1.807) is 0 Å². The van der Waals surface area contributed by atoms with Crippen molar-refractivity contribution in [1.82, 2.24) is 0 Å². The smallest absolute Gasteiger partial charge is 0.0323 e. The molecule has 8 fully saturated rings. The van der Waals surface area contributed by atoms with Gasteiger partial charge in [0, 0.05) is 0 Å². The second kappa shape index (κ2) is 32.6. The van der Waals surface area contributed by atoms with Crippen LogP contribution in [-0.2, 0) is 0 Å². The molecule has 0 N–H and O–H groups in total. The fraction of sp³-hybridized carbons (Fsp3) is 1.00. The largest absolute Gasteiger partial charge is 0.0651 e. The minimum Gasteiger partial charge on any atom is -0.0651 e. The Morgan fingerprint density at radius 3 is 0.900 bits per heavy atom. The maximum absolute atomic E-state index is 2.42. The molecule has 0 radical (unpaired) electrons. The average Bonchev–Trinajstić information content (AvgIpc) is 3.89. The summed E-state index contributed by atoms with van der Waals surface area (Å²) in [5, 5.41) is 0. The van der Waals surface area contributed by atoms with Crippen molar-refractivity contribution in [1.29, 1.82) is 0 Å². The first-order valence-electron chi connectivity index (χ1n) is 32.3. The standard InChI is InChI=1S/C11H22.C10H20.3C9H18.C8H16.2C7H14/c1-9-10(2,3)7-6-8-11(9,4)5;1-8-9(2,3)6-7-10(8,4)5;1-8-4-6-9(2,3)7-5-8;1-8-6-4-5-7-9(8,2)3;1-7-5-4-6-8(2)9(7)3;1-7-5-3-4-6-8(7)2;1-7-5-3-2-4-6-7;1-2-7-5-3-4-6-7/h9H,6-8H2,1-5H3;8H,6-7H2,1-5H3;2*8H,4-7H2,1-3H3;7-9H,4-6H2,1-3H3;7-8H,3-6H2,1-2H3;2*7H,2-6H2,1H3/t;;;8-;;7-,8?;;/m...1.1../s1. The molecule has 0 heterocycles. The zero-order chi connectivity index (χ0) is 53.6. The molecule has 8 saturated carbocycles. The van der Waals surface area contributed by atoms with Crippen molar-refractivity contribution in [2.75, 3.05) is 0 Å². The van der Waals surface area contributed by atoms with E-state index in [4.69, 9.17) is 0 Å². The molecule has 0 aliphatic heterocycles. The summed E-state index contributed by atoms with van der Waals surface area (Å²) in [6.45, 7) is 55.0. The molecule has 420 valence electrons. The van der Waals surface area contributed by atoms with Gasteiger partial charge in [-0.25, -0.2) is 0 Å². The molecule has 0 aromatic carbocycles. The molecule has 0 aromatic rings. The topological polar surface area (TPSA) is 0 Å². The van der Waals surface area contributed by atoms with Crippen molar-refractivity contribution in [3.8, 4) is 0 Å². The third-order valence-electron chi connectivity index (χ3n) is 23.0. The van der Waals surface area contributed by atoms with Crippen LogP contribution in [0, 0.1) is 97.6 Å². The Kier molecular flexibility index (Phi) is 31.6. The van der Waals surface area contributed by atoms with E-state index in [1.807, 2.05) is 0 Å². The quantitative estimate of drug-likeness (QED) is 0.246. The van der Waals surface area contributed by atoms with Gasteiger partial charge in [0.15, 0.2) is 0 Å². The first kappa shape index (κ1) is 68.0. The van der Waals surface area contributed by atoms with E-state index in [1.165, 1.54) is 193 Å². The highest BCUT2D eigenvalue weighted by Gasteiger charge is 2.44. The molecule has 0 saturated heterocycles. The lowest BCUT2D eigenvalue weighted by atomic mass is 9.58. The van der Waals surface area contributed by atoms with Crippen LogP contribution in [0.3, 0.4) is 0 Å². The maximum Gasteiger partial charge on any atom is -0.0323 e. The van der Waals surface area contributed by atoms with Crippen LogP contribution in [0.4, 0.5) is 0 Å². The fourth-order valence-electron chi connectivity index (χ4n) is 13.9. The summed E-state index contributed by atoms with van der Waals surface area (Å²) in [6, 6.07) is 0. The van der Waals surface area contributed by atoms with Crippen LogP contribution in [0.1, 0.15) is 352 Å². The van der Waals surface area contributed by atoms with Gasteiger partial charge in [-0.3, -0.25) is 0 Å². The number of rotatable bonds is 1. The Morgan fingerprint density at radius 1 is 0.286 bits per heavy atom. The highest BCUT2D eigenvalue weighted by molar-refractivity contribution is 4.94. The monoisotopic (exact) mass is 981 g/mol. The SMILES string of the molecule is CC1C(C)(C)CCC1(C)C.CC1C(C)(C)CCCC1(C)C.CC1CCC(C)(C)CC1.CC1CCCC(C)C1C.CC1CCCCC1.CC1CCCC[C@H]1C.CCC1CCCC1.C[C@@H]1CCCCC1(C)C. The van der Waals surface area contributed by atoms with Gasteiger partial charge in [0.05, 0.1) is 0 Å². The highest BCUT2D eigenvalue weighted by atomic mass is 14.5. The third-order valence-corrected chi connectivity index (χ3v) is 23.0. The molecule has 8 aliphatic carbocycles. The Balaban J connectivity index is 0.000000401. The molecule has 70 heavy (non-hydrogen) atoms. The van der Waals surface area contributed by atoms with Gasteiger partial charge in [-0.1, -0.05) is 307 Å². The van der Waals surface area contributed by atoms with Gasteiger partial charge in [0.1, 0.15) is 0 Å². The van der Waals surface area contributed by atoms with Crippen molar-refractivity contribution in [2.24, 2.45) is 97.6 Å². The van der Waals surface area contributed by atoms with Crippen LogP contribution < -0.4 is 0 Å². The van der Waals surface area contributed by atoms with E-state index < -0.39 is 0 Å². The number of hydrogen-bond acceptors (Lipinski definition) is 0. The van der Waals surface area contributed by atoms with E-state index in [0.29, 0.717) is 32.5 Å². The van der Waals surface area contributed by atoms with E-state index >= 15 is 0 Å². The van der Waals surface area contributed by atoms with Crippen LogP contribution in [-0.4, -0.2) is 0 Å². The van der Waals surface area contributed by atoms with Gasteiger partial charge in [-0.05, 0) is 143 Å². The predicted molar refractivity (Wildman–Crippen MR) is 322 cm³/mol. The first-order chi connectivity index (χ1) is 32.3. The lowest BCUT2D eigenvalue weighted by Crippen LogP contribution is -2.38. The van der Waals surface area contributed by atoms with E-state index in [9.17, 15) is 0 Å². The molecule has 3 unspecified atom stereocenters. The second-order valence-electron chi connectivity index (χ2n) is 31.5. The normalized spacial score (nSPS) is 32.4. The number of hydrogen-bond donors (Lipinski definition) is 0. The van der Waals surface area contributed by atoms with Crippen molar-refractivity contribution in [3.05, 3.63) is 0 Å². The van der Waals surface area contributed by atoms with E-state index in [-0.39, 0.29) is 0 Å². The molecule has 0 nitrogen and oxygen atoms in total. The van der Waals surface area contributed by atoms with Crippen LogP contribution in [0.2, 0.25) is 0 Å². The predicted octanol–water partition coefficient (Wildman–Crippen LogP) is 24.9. The summed E-state index contributed by atoms with van der Waals surface area (Å²) in [5.74, 6) is 10.8. The maximum atomic E-state index is 2.42. The summed E-state index contributed by atoms with van der Waals surface area (Å²) in [7, 11) is 0. The summed E-state index contributed by atoms with van der Waals surface area (Å²) in [6.07, 6.45) is 43.8. The lowest BCUT2D eigenvalue weighted by Gasteiger charge is -2.47. The summed E-state index contributed by atoms with van der Waals surface area (Å²) in [4.78, 5) is 0. The molecule has 5 atom stereocenters. The second-order valence-corrected chi connectivity index (χ2v) is 31.5. The van der Waals surface area contributed by atoms with Crippen LogP contribution in [0.15, 0.2) is 0 Å². The van der Waals surface area contributed by atoms with Crippen LogP contribution in [0.25, 0.3) is 0 Å². The van der Waals surface area contributed by atoms with Gasteiger partial charge in [-0.15, -0.1) is 0 Å². The summed E-state index contributed by atoms with van der Waals surface area (Å²) < 4.78 is 0. The molecule has 8 aliphatic rings. The molecular weight excluding hydrogens is 841 g/mol. The Hall–Kier alpha value is 0. The van der Waals surface area contributed by atoms with Gasteiger partial charge in [-0.2, -0.15) is 0 Å². The molecule has 0 aromatic heterocycles. The first-order valence-corrected chi connectivity index (χ1v) is 32.3. The summed E-state index contributed by atoms with van der Waals surface area (Å²) >= 11 is 0. The molecular formula is C70H140. The fourth-order valence-corrected chi connectivity index (χ4v) is 13.9. The molecule has 0 heteroatoms. The van der Waals surface area contributed by atoms with Gasteiger partial charge >= 0.3 is 0 Å². The van der Waals surface area contributed by atoms with Crippen LogP contribution >= 0.6 is 0 Å². The van der Waals surface area contributed by atoms with Gasteiger partial charge < -0.3 is 0 Å². The van der Waals surface area contributed by atoms with Gasteiger partial charge in [0.2, 0.25) is 0 Å². The van der Waals surface area contributed by atoms with Crippen LogP contribution in [0.5, 0.6) is 0 Å². The molecule has 0 amide bonds. The Bertz CT molecular complexity index is 1210. The van der Waals surface area contributed by atoms with Crippen molar-refractivity contribution >= 4 is 0 Å². The van der Waals surface area contributed by atoms with Crippen molar-refractivity contribution < 1.29 is 0 Å². The van der Waals surface area contributed by atoms with E-state index in [0.717, 1.165) is 65.1 Å². The summed E-state index contributed by atoms with van der Waals surface area (Å²) in [5.41, 5.74) is 3.61. The molecule has 8 rings (SSSR count). The highest BCUT2D eigenvalue weighted by Crippen LogP contribution is 2.53. The third kappa shape index (κ3) is 26.7. The minimum absolute atomic E-state index is 0.571. The van der Waals surface area contributed by atoms with Crippen molar-refractivity contribution in [2.45, 2.75) is 352 Å². The Morgan fingerprint density at radius 2 is 0.629 bits per heavy atom. The minimum atomic E-state index is 0.571. The zero-order valence-corrected chi connectivity index (χ0v) is 53.6. The Labute approximate surface area is 447 Å².